The zero-order chi connectivity index (χ0) is 18.3. The van der Waals surface area contributed by atoms with Crippen LogP contribution in [-0.4, -0.2) is 47.1 Å². The summed E-state index contributed by atoms with van der Waals surface area (Å²) in [6.07, 6.45) is -2.14. The lowest BCUT2D eigenvalue weighted by molar-refractivity contribution is -0.137. The molecular formula is C16H18F3N5OS. The Labute approximate surface area is 152 Å². The third kappa shape index (κ3) is 3.23. The second kappa shape index (κ2) is 6.66. The molecule has 0 saturated carbocycles. The fraction of sp³-hybridized carbons (Fsp3) is 0.562. The lowest BCUT2D eigenvalue weighted by Crippen LogP contribution is -2.35. The van der Waals surface area contributed by atoms with Crippen LogP contribution in [0, 0.1) is 5.92 Å². The molecule has 0 aliphatic carbocycles. The number of methoxy groups -OCH3 is 1. The second-order valence-corrected chi connectivity index (χ2v) is 7.27. The van der Waals surface area contributed by atoms with Gasteiger partial charge in [-0.05, 0) is 18.6 Å². The molecule has 26 heavy (non-hydrogen) atoms. The van der Waals surface area contributed by atoms with E-state index < -0.39 is 11.7 Å². The van der Waals surface area contributed by atoms with Gasteiger partial charge in [-0.25, -0.2) is 9.97 Å². The van der Waals surface area contributed by atoms with Crippen LogP contribution in [-0.2, 0) is 17.5 Å². The zero-order valence-electron chi connectivity index (χ0n) is 14.1. The largest absolute Gasteiger partial charge is 0.416 e. The molecular weight excluding hydrogens is 367 g/mol. The quantitative estimate of drug-likeness (QED) is 0.807. The van der Waals surface area contributed by atoms with Crippen LogP contribution in [0.4, 0.5) is 24.1 Å². The first-order valence-corrected chi connectivity index (χ1v) is 9.09. The Morgan fingerprint density at radius 2 is 2.19 bits per heavy atom. The highest BCUT2D eigenvalue weighted by atomic mass is 32.1. The van der Waals surface area contributed by atoms with Crippen molar-refractivity contribution in [1.82, 2.24) is 14.3 Å². The molecule has 0 N–H and O–H groups in total. The van der Waals surface area contributed by atoms with Crippen molar-refractivity contribution in [3.63, 3.8) is 0 Å². The fourth-order valence-electron chi connectivity index (χ4n) is 3.70. The maximum absolute atomic E-state index is 13.0. The van der Waals surface area contributed by atoms with Crippen molar-refractivity contribution in [2.75, 3.05) is 36.5 Å². The number of rotatable bonds is 4. The molecule has 0 amide bonds. The number of nitrogens with zero attached hydrogens (tertiary/aromatic N) is 5. The van der Waals surface area contributed by atoms with E-state index in [2.05, 4.69) is 19.2 Å². The van der Waals surface area contributed by atoms with E-state index in [9.17, 15) is 13.2 Å². The Hall–Kier alpha value is -1.94. The molecule has 0 spiro atoms. The van der Waals surface area contributed by atoms with Crippen molar-refractivity contribution in [1.29, 1.82) is 0 Å². The highest BCUT2D eigenvalue weighted by molar-refractivity contribution is 7.09. The van der Waals surface area contributed by atoms with E-state index in [1.165, 1.54) is 17.7 Å². The average Bonchev–Trinajstić information content (AvgIpc) is 3.29. The van der Waals surface area contributed by atoms with Crippen molar-refractivity contribution in [2.24, 2.45) is 5.92 Å². The normalized spacial score (nSPS) is 22.9. The molecule has 2 aliphatic heterocycles. The average molecular weight is 385 g/mol. The topological polar surface area (TPSA) is 54.4 Å². The molecule has 2 saturated heterocycles. The SMILES string of the molecule is COCc1nsc(N2CCC3CN(c4cc(C(F)(F)F)ccn4)CC32)n1. The standard InChI is InChI=1S/C16H18F3N5OS/c1-25-9-13-21-15(26-22-13)24-5-3-10-7-23(8-12(10)24)14-6-11(2-4-20-14)16(17,18)19/h2,4,6,10,12H,3,5,7-9H2,1H3. The van der Waals surface area contributed by atoms with Gasteiger partial charge in [0.2, 0.25) is 5.13 Å². The van der Waals surface area contributed by atoms with Crippen molar-refractivity contribution in [3.8, 4) is 0 Å². The van der Waals surface area contributed by atoms with E-state index in [-0.39, 0.29) is 6.04 Å². The number of hydrogen-bond donors (Lipinski definition) is 0. The number of hydrogen-bond acceptors (Lipinski definition) is 7. The molecule has 0 radical (unpaired) electrons. The van der Waals surface area contributed by atoms with E-state index in [1.807, 2.05) is 4.90 Å². The molecule has 4 rings (SSSR count). The molecule has 4 heterocycles. The molecule has 2 aliphatic rings. The van der Waals surface area contributed by atoms with Crippen LogP contribution in [0.25, 0.3) is 0 Å². The third-order valence-electron chi connectivity index (χ3n) is 4.92. The van der Waals surface area contributed by atoms with Crippen LogP contribution in [0.15, 0.2) is 18.3 Å². The van der Waals surface area contributed by atoms with Gasteiger partial charge >= 0.3 is 6.18 Å². The Morgan fingerprint density at radius 3 is 2.96 bits per heavy atom. The van der Waals surface area contributed by atoms with Gasteiger partial charge in [0.15, 0.2) is 5.82 Å². The summed E-state index contributed by atoms with van der Waals surface area (Å²) in [7, 11) is 1.60. The number of anilines is 2. The minimum Gasteiger partial charge on any atom is -0.377 e. The van der Waals surface area contributed by atoms with Gasteiger partial charge in [-0.3, -0.25) is 0 Å². The number of ether oxygens (including phenoxy) is 1. The molecule has 0 aromatic carbocycles. The summed E-state index contributed by atoms with van der Waals surface area (Å²) in [5, 5.41) is 0.850. The second-order valence-electron chi connectivity index (χ2n) is 6.54. The first kappa shape index (κ1) is 17.5. The summed E-state index contributed by atoms with van der Waals surface area (Å²) >= 11 is 1.34. The predicted molar refractivity (Wildman–Crippen MR) is 91.3 cm³/mol. The van der Waals surface area contributed by atoms with Gasteiger partial charge in [0.05, 0.1) is 11.6 Å². The van der Waals surface area contributed by atoms with Crippen molar-refractivity contribution >= 4 is 22.5 Å². The molecule has 140 valence electrons. The van der Waals surface area contributed by atoms with E-state index in [1.54, 1.807) is 7.11 Å². The van der Waals surface area contributed by atoms with Gasteiger partial charge in [0.25, 0.3) is 0 Å². The van der Waals surface area contributed by atoms with Gasteiger partial charge < -0.3 is 14.5 Å². The lowest BCUT2D eigenvalue weighted by atomic mass is 10.1. The molecule has 2 atom stereocenters. The highest BCUT2D eigenvalue weighted by Crippen LogP contribution is 2.38. The van der Waals surface area contributed by atoms with Gasteiger partial charge in [0, 0.05) is 50.4 Å². The Balaban J connectivity index is 1.51. The monoisotopic (exact) mass is 385 g/mol. The molecule has 2 fully saturated rings. The first-order chi connectivity index (χ1) is 12.5. The summed E-state index contributed by atoms with van der Waals surface area (Å²) in [4.78, 5) is 12.8. The molecule has 2 aromatic rings. The molecule has 2 aromatic heterocycles. The van der Waals surface area contributed by atoms with E-state index in [4.69, 9.17) is 4.74 Å². The maximum atomic E-state index is 13.0. The minimum absolute atomic E-state index is 0.217. The van der Waals surface area contributed by atoms with Crippen molar-refractivity contribution < 1.29 is 17.9 Å². The number of alkyl halides is 3. The summed E-state index contributed by atoms with van der Waals surface area (Å²) in [5.74, 6) is 1.43. The fourth-order valence-corrected chi connectivity index (χ4v) is 4.46. The number of halogens is 3. The number of fused-ring (bicyclic) bond motifs is 1. The first-order valence-electron chi connectivity index (χ1n) is 8.32. The zero-order valence-corrected chi connectivity index (χ0v) is 14.9. The highest BCUT2D eigenvalue weighted by Gasteiger charge is 2.43. The maximum Gasteiger partial charge on any atom is 0.416 e. The molecule has 0 bridgehead atoms. The van der Waals surface area contributed by atoms with Gasteiger partial charge in [-0.1, -0.05) is 0 Å². The van der Waals surface area contributed by atoms with E-state index in [0.29, 0.717) is 37.3 Å². The van der Waals surface area contributed by atoms with Gasteiger partial charge in [0.1, 0.15) is 12.4 Å². The smallest absolute Gasteiger partial charge is 0.377 e. The summed E-state index contributed by atoms with van der Waals surface area (Å²) in [6, 6.07) is 2.35. The Kier molecular flexibility index (Phi) is 4.47. The molecule has 10 heteroatoms. The predicted octanol–water partition coefficient (Wildman–Crippen LogP) is 2.81. The van der Waals surface area contributed by atoms with Gasteiger partial charge in [-0.15, -0.1) is 0 Å². The summed E-state index contributed by atoms with van der Waals surface area (Å²) in [6.45, 7) is 2.61. The third-order valence-corrected chi connectivity index (χ3v) is 5.71. The molecule has 6 nitrogen and oxygen atoms in total. The van der Waals surface area contributed by atoms with E-state index >= 15 is 0 Å². The number of aromatic nitrogens is 3. The van der Waals surface area contributed by atoms with Crippen LogP contribution < -0.4 is 9.80 Å². The summed E-state index contributed by atoms with van der Waals surface area (Å²) in [5.41, 5.74) is -0.662. The van der Waals surface area contributed by atoms with Crippen LogP contribution >= 0.6 is 11.5 Å². The van der Waals surface area contributed by atoms with Crippen LogP contribution in [0.2, 0.25) is 0 Å². The van der Waals surface area contributed by atoms with Crippen LogP contribution in [0.1, 0.15) is 17.8 Å². The summed E-state index contributed by atoms with van der Waals surface area (Å²) < 4.78 is 48.2. The Bertz CT molecular complexity index is 783. The lowest BCUT2D eigenvalue weighted by Gasteiger charge is -2.24. The van der Waals surface area contributed by atoms with Gasteiger partial charge in [-0.2, -0.15) is 17.5 Å². The van der Waals surface area contributed by atoms with E-state index in [0.717, 1.165) is 30.2 Å². The Morgan fingerprint density at radius 1 is 1.35 bits per heavy atom. The van der Waals surface area contributed by atoms with Crippen LogP contribution in [0.5, 0.6) is 0 Å². The number of pyridine rings is 1. The van der Waals surface area contributed by atoms with Crippen molar-refractivity contribution in [3.05, 3.63) is 29.7 Å². The van der Waals surface area contributed by atoms with Crippen molar-refractivity contribution in [2.45, 2.75) is 25.2 Å². The van der Waals surface area contributed by atoms with Crippen LogP contribution in [0.3, 0.4) is 0 Å². The molecule has 2 unspecified atom stereocenters. The minimum atomic E-state index is -4.36.